The first-order valence-electron chi connectivity index (χ1n) is 6.37. The van der Waals surface area contributed by atoms with Crippen molar-refractivity contribution in [2.24, 2.45) is 5.92 Å². The molecule has 0 saturated heterocycles. The molecule has 18 heavy (non-hydrogen) atoms. The molecule has 0 bridgehead atoms. The van der Waals surface area contributed by atoms with E-state index in [9.17, 15) is 4.79 Å². The van der Waals surface area contributed by atoms with Gasteiger partial charge >= 0.3 is 0 Å². The summed E-state index contributed by atoms with van der Waals surface area (Å²) in [5.41, 5.74) is 0.780. The second kappa shape index (κ2) is 6.40. The van der Waals surface area contributed by atoms with Crippen LogP contribution in [0.3, 0.4) is 0 Å². The molecule has 4 nitrogen and oxygen atoms in total. The molecule has 0 radical (unpaired) electrons. The second-order valence-electron chi connectivity index (χ2n) is 4.70. The molecule has 0 aliphatic heterocycles. The lowest BCUT2D eigenvalue weighted by molar-refractivity contribution is -0.123. The van der Waals surface area contributed by atoms with E-state index in [0.717, 1.165) is 12.1 Å². The third-order valence-corrected chi connectivity index (χ3v) is 3.26. The third kappa shape index (κ3) is 3.74. The van der Waals surface area contributed by atoms with Crippen LogP contribution >= 0.6 is 0 Å². The van der Waals surface area contributed by atoms with Gasteiger partial charge in [0.1, 0.15) is 5.75 Å². The van der Waals surface area contributed by atoms with Gasteiger partial charge in [0.05, 0.1) is 6.61 Å². The molecule has 0 aromatic heterocycles. The number of hydrogen-bond acceptors (Lipinski definition) is 3. The normalized spacial score (nSPS) is 14.9. The van der Waals surface area contributed by atoms with Crippen LogP contribution < -0.4 is 10.1 Å². The van der Waals surface area contributed by atoms with Crippen molar-refractivity contribution in [3.8, 4) is 5.75 Å². The molecule has 1 aliphatic rings. The molecule has 1 fully saturated rings. The maximum absolute atomic E-state index is 11.5. The van der Waals surface area contributed by atoms with Crippen molar-refractivity contribution >= 4 is 5.91 Å². The van der Waals surface area contributed by atoms with Gasteiger partial charge in [-0.3, -0.25) is 4.79 Å². The topological polar surface area (TPSA) is 58.6 Å². The Morgan fingerprint density at radius 2 is 2.28 bits per heavy atom. The van der Waals surface area contributed by atoms with Crippen LogP contribution in [0.1, 0.15) is 24.8 Å². The molecular formula is C14H19NO3. The first-order valence-corrected chi connectivity index (χ1v) is 6.37. The number of ether oxygens (including phenoxy) is 1. The number of carbonyl (C=O) groups is 1. The zero-order valence-corrected chi connectivity index (χ0v) is 10.4. The van der Waals surface area contributed by atoms with E-state index in [-0.39, 0.29) is 19.1 Å². The van der Waals surface area contributed by atoms with Gasteiger partial charge in [0.2, 0.25) is 0 Å². The van der Waals surface area contributed by atoms with Crippen molar-refractivity contribution in [2.45, 2.75) is 25.9 Å². The molecule has 0 unspecified atom stereocenters. The number of amides is 1. The minimum Gasteiger partial charge on any atom is -0.484 e. The molecule has 0 spiro atoms. The van der Waals surface area contributed by atoms with Crippen LogP contribution in [-0.2, 0) is 11.4 Å². The van der Waals surface area contributed by atoms with Gasteiger partial charge in [-0.05, 0) is 36.5 Å². The summed E-state index contributed by atoms with van der Waals surface area (Å²) in [6.07, 6.45) is 3.73. The predicted molar refractivity (Wildman–Crippen MR) is 68.2 cm³/mol. The van der Waals surface area contributed by atoms with E-state index in [1.807, 2.05) is 6.07 Å². The summed E-state index contributed by atoms with van der Waals surface area (Å²) < 4.78 is 5.37. The molecule has 0 atom stereocenters. The molecule has 1 saturated carbocycles. The number of carbonyl (C=O) groups excluding carboxylic acids is 1. The number of hydrogen-bond donors (Lipinski definition) is 2. The molecule has 2 rings (SSSR count). The quantitative estimate of drug-likeness (QED) is 0.802. The molecule has 4 heteroatoms. The van der Waals surface area contributed by atoms with Crippen molar-refractivity contribution < 1.29 is 14.6 Å². The lowest BCUT2D eigenvalue weighted by Gasteiger charge is -2.25. The molecule has 1 aliphatic carbocycles. The lowest BCUT2D eigenvalue weighted by Crippen LogP contribution is -2.35. The van der Waals surface area contributed by atoms with Crippen LogP contribution in [-0.4, -0.2) is 24.2 Å². The Bertz CT molecular complexity index is 402. The summed E-state index contributed by atoms with van der Waals surface area (Å²) in [7, 11) is 0. The summed E-state index contributed by atoms with van der Waals surface area (Å²) in [6.45, 7) is 0.769. The molecule has 2 N–H and O–H groups in total. The Hall–Kier alpha value is -1.55. The number of benzene rings is 1. The van der Waals surface area contributed by atoms with E-state index in [0.29, 0.717) is 11.7 Å². The van der Waals surface area contributed by atoms with Gasteiger partial charge in [-0.25, -0.2) is 0 Å². The number of nitrogens with one attached hydrogen (secondary N) is 1. The standard InChI is InChI=1S/C14H19NO3/c16-9-12-5-2-6-13(7-12)18-10-14(17)15-8-11-3-1-4-11/h2,5-7,11,16H,1,3-4,8-10H2,(H,15,17). The number of aliphatic hydroxyl groups excluding tert-OH is 1. The van der Waals surface area contributed by atoms with Crippen molar-refractivity contribution in [2.75, 3.05) is 13.2 Å². The first-order chi connectivity index (χ1) is 8.78. The Morgan fingerprint density at radius 3 is 2.94 bits per heavy atom. The summed E-state index contributed by atoms with van der Waals surface area (Å²) in [4.78, 5) is 11.5. The smallest absolute Gasteiger partial charge is 0.257 e. The van der Waals surface area contributed by atoms with Gasteiger partial charge in [-0.15, -0.1) is 0 Å². The van der Waals surface area contributed by atoms with Crippen molar-refractivity contribution in [1.82, 2.24) is 5.32 Å². The average Bonchev–Trinajstić information content (AvgIpc) is 2.35. The van der Waals surface area contributed by atoms with E-state index >= 15 is 0 Å². The van der Waals surface area contributed by atoms with Crippen molar-refractivity contribution in [3.63, 3.8) is 0 Å². The highest BCUT2D eigenvalue weighted by Gasteiger charge is 2.17. The van der Waals surface area contributed by atoms with E-state index in [1.165, 1.54) is 19.3 Å². The fourth-order valence-corrected chi connectivity index (χ4v) is 1.89. The zero-order valence-electron chi connectivity index (χ0n) is 10.4. The van der Waals surface area contributed by atoms with Crippen molar-refractivity contribution in [1.29, 1.82) is 0 Å². The highest BCUT2D eigenvalue weighted by atomic mass is 16.5. The lowest BCUT2D eigenvalue weighted by atomic mass is 9.85. The Balaban J connectivity index is 1.70. The first kappa shape index (κ1) is 12.9. The minimum absolute atomic E-state index is 0.0227. The minimum atomic E-state index is -0.0868. The average molecular weight is 249 g/mol. The number of aliphatic hydroxyl groups is 1. The van der Waals surface area contributed by atoms with Crippen LogP contribution in [0, 0.1) is 5.92 Å². The highest BCUT2D eigenvalue weighted by molar-refractivity contribution is 5.77. The van der Waals surface area contributed by atoms with E-state index in [4.69, 9.17) is 9.84 Å². The van der Waals surface area contributed by atoms with Crippen LogP contribution in [0.5, 0.6) is 5.75 Å². The Labute approximate surface area is 107 Å². The third-order valence-electron chi connectivity index (χ3n) is 3.26. The SMILES string of the molecule is O=C(COc1cccc(CO)c1)NCC1CCC1. The zero-order chi connectivity index (χ0) is 12.8. The fraction of sp³-hybridized carbons (Fsp3) is 0.500. The molecule has 1 amide bonds. The molecule has 1 aromatic carbocycles. The molecule has 98 valence electrons. The second-order valence-corrected chi connectivity index (χ2v) is 4.70. The predicted octanol–water partition coefficient (Wildman–Crippen LogP) is 1.47. The van der Waals surface area contributed by atoms with Gasteiger partial charge < -0.3 is 15.2 Å². The molecule has 0 heterocycles. The summed E-state index contributed by atoms with van der Waals surface area (Å²) in [5.74, 6) is 1.18. The largest absolute Gasteiger partial charge is 0.484 e. The van der Waals surface area contributed by atoms with E-state index in [1.54, 1.807) is 18.2 Å². The van der Waals surface area contributed by atoms with Crippen LogP contribution in [0.4, 0.5) is 0 Å². The van der Waals surface area contributed by atoms with Gasteiger partial charge in [-0.1, -0.05) is 18.6 Å². The maximum Gasteiger partial charge on any atom is 0.257 e. The summed E-state index contributed by atoms with van der Waals surface area (Å²) >= 11 is 0. The van der Waals surface area contributed by atoms with Gasteiger partial charge in [0.25, 0.3) is 5.91 Å². The van der Waals surface area contributed by atoms with Crippen LogP contribution in [0.2, 0.25) is 0 Å². The van der Waals surface area contributed by atoms with E-state index < -0.39 is 0 Å². The fourth-order valence-electron chi connectivity index (χ4n) is 1.89. The van der Waals surface area contributed by atoms with Crippen molar-refractivity contribution in [3.05, 3.63) is 29.8 Å². The molecule has 1 aromatic rings. The summed E-state index contributed by atoms with van der Waals surface area (Å²) in [6, 6.07) is 7.12. The van der Waals surface area contributed by atoms with Gasteiger partial charge in [-0.2, -0.15) is 0 Å². The summed E-state index contributed by atoms with van der Waals surface area (Å²) in [5, 5.41) is 11.9. The maximum atomic E-state index is 11.5. The van der Waals surface area contributed by atoms with Crippen LogP contribution in [0.15, 0.2) is 24.3 Å². The van der Waals surface area contributed by atoms with Gasteiger partial charge in [0, 0.05) is 6.54 Å². The number of rotatable bonds is 6. The Morgan fingerprint density at radius 1 is 1.44 bits per heavy atom. The highest BCUT2D eigenvalue weighted by Crippen LogP contribution is 2.25. The van der Waals surface area contributed by atoms with E-state index in [2.05, 4.69) is 5.32 Å². The molecular weight excluding hydrogens is 230 g/mol. The van der Waals surface area contributed by atoms with Gasteiger partial charge in [0.15, 0.2) is 6.61 Å². The monoisotopic (exact) mass is 249 g/mol. The Kier molecular flexibility index (Phi) is 4.59. The van der Waals surface area contributed by atoms with Crippen LogP contribution in [0.25, 0.3) is 0 Å².